The molecule has 2 unspecified atom stereocenters. The van der Waals surface area contributed by atoms with Crippen molar-refractivity contribution < 1.29 is 14.7 Å². The fourth-order valence-corrected chi connectivity index (χ4v) is 3.91. The number of thioether (sulfide) groups is 1. The van der Waals surface area contributed by atoms with Crippen LogP contribution in [0, 0.1) is 5.41 Å². The van der Waals surface area contributed by atoms with E-state index in [1.54, 1.807) is 12.1 Å². The highest BCUT2D eigenvalue weighted by Gasteiger charge is 2.55. The van der Waals surface area contributed by atoms with E-state index in [1.165, 1.54) is 22.9 Å². The summed E-state index contributed by atoms with van der Waals surface area (Å²) in [6.07, 6.45) is 1.45. The number of carbonyl (C=O) groups is 2. The first-order valence-electron chi connectivity index (χ1n) is 6.55. The molecule has 110 valence electrons. The van der Waals surface area contributed by atoms with Gasteiger partial charge in [0.2, 0.25) is 5.91 Å². The lowest BCUT2D eigenvalue weighted by molar-refractivity contribution is -0.152. The average Bonchev–Trinajstić information content (AvgIpc) is 2.52. The summed E-state index contributed by atoms with van der Waals surface area (Å²) in [6, 6.07) is 8.64. The topological polar surface area (TPSA) is 96.0 Å². The minimum absolute atomic E-state index is 0.102. The van der Waals surface area contributed by atoms with Crippen LogP contribution in [0.15, 0.2) is 35.3 Å². The van der Waals surface area contributed by atoms with Crippen LogP contribution in [0.4, 0.5) is 5.69 Å². The van der Waals surface area contributed by atoms with Crippen molar-refractivity contribution in [2.75, 3.05) is 12.3 Å². The van der Waals surface area contributed by atoms with Gasteiger partial charge in [-0.1, -0.05) is 18.2 Å². The number of benzene rings is 1. The van der Waals surface area contributed by atoms with Gasteiger partial charge in [0.25, 0.3) is 0 Å². The Hall–Kier alpha value is -1.86. The van der Waals surface area contributed by atoms with Crippen LogP contribution in [0.1, 0.15) is 0 Å². The molecule has 3 N–H and O–H groups in total. The summed E-state index contributed by atoms with van der Waals surface area (Å²) in [4.78, 5) is 29.2. The third-order valence-corrected chi connectivity index (χ3v) is 5.36. The van der Waals surface area contributed by atoms with Gasteiger partial charge < -0.3 is 15.7 Å². The highest BCUT2D eigenvalue weighted by molar-refractivity contribution is 8.00. The van der Waals surface area contributed by atoms with E-state index in [4.69, 9.17) is 5.73 Å². The summed E-state index contributed by atoms with van der Waals surface area (Å²) in [7, 11) is 0. The fourth-order valence-electron chi connectivity index (χ4n) is 2.47. The second-order valence-corrected chi connectivity index (χ2v) is 6.35. The minimum Gasteiger partial charge on any atom is -0.480 e. The summed E-state index contributed by atoms with van der Waals surface area (Å²) in [6.45, 7) is 0.128. The highest BCUT2D eigenvalue weighted by atomic mass is 32.2. The van der Waals surface area contributed by atoms with Crippen LogP contribution in [0.2, 0.25) is 0 Å². The number of hydrogen-bond acceptors (Lipinski definition) is 5. The number of aliphatic carboxylic acids is 1. The smallest absolute Gasteiger partial charge is 0.317 e. The lowest BCUT2D eigenvalue weighted by Crippen LogP contribution is -2.72. The van der Waals surface area contributed by atoms with Crippen LogP contribution in [-0.2, 0) is 9.59 Å². The molecule has 0 radical (unpaired) electrons. The third kappa shape index (κ3) is 2.32. The van der Waals surface area contributed by atoms with Gasteiger partial charge in [-0.3, -0.25) is 14.6 Å². The Morgan fingerprint density at radius 1 is 1.48 bits per heavy atom. The molecule has 0 spiro atoms. The summed E-state index contributed by atoms with van der Waals surface area (Å²) in [5.41, 5.74) is 5.24. The summed E-state index contributed by atoms with van der Waals surface area (Å²) in [5, 5.41) is 9.47. The molecule has 1 aromatic rings. The van der Waals surface area contributed by atoms with Gasteiger partial charge in [0, 0.05) is 18.5 Å². The van der Waals surface area contributed by atoms with Crippen molar-refractivity contribution in [1.82, 2.24) is 4.90 Å². The molecule has 0 aromatic heterocycles. The van der Waals surface area contributed by atoms with Crippen molar-refractivity contribution in [2.24, 2.45) is 16.1 Å². The van der Waals surface area contributed by atoms with E-state index in [0.717, 1.165) is 0 Å². The van der Waals surface area contributed by atoms with Crippen molar-refractivity contribution >= 4 is 35.5 Å². The maximum Gasteiger partial charge on any atom is 0.317 e. The van der Waals surface area contributed by atoms with Crippen LogP contribution in [0.3, 0.4) is 0 Å². The van der Waals surface area contributed by atoms with E-state index >= 15 is 0 Å². The number of carboxylic acids is 1. The molecule has 0 saturated carbocycles. The van der Waals surface area contributed by atoms with Crippen LogP contribution >= 0.6 is 11.8 Å². The number of hydrogen-bond donors (Lipinski definition) is 2. The maximum absolute atomic E-state index is 11.7. The molecule has 0 aliphatic carbocycles. The molecular weight excluding hydrogens is 290 g/mol. The molecule has 1 amide bonds. The number of carbonyl (C=O) groups excluding carboxylic acids is 1. The highest BCUT2D eigenvalue weighted by Crippen LogP contribution is 2.40. The minimum atomic E-state index is -1.16. The van der Waals surface area contributed by atoms with Crippen molar-refractivity contribution in [2.45, 2.75) is 11.4 Å². The molecule has 2 aliphatic rings. The number of amides is 1. The molecule has 3 rings (SSSR count). The predicted molar refractivity (Wildman–Crippen MR) is 80.6 cm³/mol. The van der Waals surface area contributed by atoms with E-state index in [1.807, 2.05) is 18.2 Å². The second-order valence-electron chi connectivity index (χ2n) is 5.25. The largest absolute Gasteiger partial charge is 0.480 e. The van der Waals surface area contributed by atoms with Gasteiger partial charge in [-0.25, -0.2) is 0 Å². The molecule has 2 aliphatic heterocycles. The molecule has 2 heterocycles. The molecular formula is C14H15N3O3S. The van der Waals surface area contributed by atoms with Crippen molar-refractivity contribution in [1.29, 1.82) is 0 Å². The Kier molecular flexibility index (Phi) is 3.46. The second kappa shape index (κ2) is 5.16. The van der Waals surface area contributed by atoms with Crippen molar-refractivity contribution in [3.8, 4) is 0 Å². The van der Waals surface area contributed by atoms with E-state index in [2.05, 4.69) is 4.99 Å². The van der Waals surface area contributed by atoms with E-state index < -0.39 is 17.4 Å². The van der Waals surface area contributed by atoms with Gasteiger partial charge in [-0.15, -0.1) is 11.8 Å². The van der Waals surface area contributed by atoms with Gasteiger partial charge in [0.15, 0.2) is 0 Å². The van der Waals surface area contributed by atoms with Crippen LogP contribution in [0.25, 0.3) is 0 Å². The number of β-lactam (4-membered cyclic amide) rings is 1. The van der Waals surface area contributed by atoms with E-state index in [9.17, 15) is 14.7 Å². The molecule has 0 bridgehead atoms. The summed E-state index contributed by atoms with van der Waals surface area (Å²) < 4.78 is 0. The van der Waals surface area contributed by atoms with Gasteiger partial charge in [0.1, 0.15) is 16.8 Å². The summed E-state index contributed by atoms with van der Waals surface area (Å²) >= 11 is 1.40. The zero-order valence-corrected chi connectivity index (χ0v) is 12.0. The third-order valence-electron chi connectivity index (χ3n) is 3.79. The maximum atomic E-state index is 11.7. The number of nitrogens with two attached hydrogens (primary N) is 1. The molecule has 1 aromatic carbocycles. The Labute approximate surface area is 126 Å². The molecule has 21 heavy (non-hydrogen) atoms. The number of nitrogens with zero attached hydrogens (tertiary/aromatic N) is 2. The number of rotatable bonds is 3. The summed E-state index contributed by atoms with van der Waals surface area (Å²) in [5.74, 6) is -0.798. The SMILES string of the molecule is NC1C(=O)N2CC(C=Nc3ccccc3)(C(=O)O)CS[C@H]12. The standard InChI is InChI=1S/C14H15N3O3S/c15-10-11(18)17-7-14(13(19)20,8-21-12(10)17)6-16-9-4-2-1-3-5-9/h1-6,10,12H,7-8,15H2,(H,19,20)/t10?,12-,14?/m1/s1. The zero-order valence-electron chi connectivity index (χ0n) is 11.2. The Morgan fingerprint density at radius 3 is 2.86 bits per heavy atom. The van der Waals surface area contributed by atoms with Gasteiger partial charge >= 0.3 is 5.97 Å². The number of fused-ring (bicyclic) bond motifs is 1. The quantitative estimate of drug-likeness (QED) is 0.633. The van der Waals surface area contributed by atoms with Crippen molar-refractivity contribution in [3.05, 3.63) is 30.3 Å². The molecule has 6 nitrogen and oxygen atoms in total. The monoisotopic (exact) mass is 305 g/mol. The van der Waals surface area contributed by atoms with Crippen LogP contribution in [0.5, 0.6) is 0 Å². The first kappa shape index (κ1) is 14.1. The van der Waals surface area contributed by atoms with Crippen molar-refractivity contribution in [3.63, 3.8) is 0 Å². The number of carboxylic acid groups (broad SMARTS) is 1. The van der Waals surface area contributed by atoms with Gasteiger partial charge in [-0.2, -0.15) is 0 Å². The Bertz CT molecular complexity index is 607. The average molecular weight is 305 g/mol. The van der Waals surface area contributed by atoms with Crippen LogP contribution in [-0.4, -0.2) is 51.8 Å². The van der Waals surface area contributed by atoms with E-state index in [0.29, 0.717) is 11.4 Å². The molecule has 3 atom stereocenters. The van der Waals surface area contributed by atoms with E-state index in [-0.39, 0.29) is 17.8 Å². The number of para-hydroxylation sites is 1. The van der Waals surface area contributed by atoms with Gasteiger partial charge in [-0.05, 0) is 12.1 Å². The normalized spacial score (nSPS) is 31.9. The lowest BCUT2D eigenvalue weighted by Gasteiger charge is -2.51. The molecule has 7 heteroatoms. The Balaban J connectivity index is 1.83. The Morgan fingerprint density at radius 2 is 2.19 bits per heavy atom. The van der Waals surface area contributed by atoms with Gasteiger partial charge in [0.05, 0.1) is 5.69 Å². The molecule has 2 fully saturated rings. The van der Waals surface area contributed by atoms with Crippen LogP contribution < -0.4 is 5.73 Å². The first-order chi connectivity index (χ1) is 10.0. The predicted octanol–water partition coefficient (Wildman–Crippen LogP) is 0.702. The number of aliphatic imine (C=N–C) groups is 1. The zero-order chi connectivity index (χ0) is 15.0. The molecule has 2 saturated heterocycles. The fraction of sp³-hybridized carbons (Fsp3) is 0.357. The lowest BCUT2D eigenvalue weighted by atomic mass is 9.88. The first-order valence-corrected chi connectivity index (χ1v) is 7.60.